The zero-order chi connectivity index (χ0) is 16.1. The fourth-order valence-electron chi connectivity index (χ4n) is 3.73. The number of hydrogen-bond acceptors (Lipinski definition) is 4. The van der Waals surface area contributed by atoms with Crippen LogP contribution in [0.3, 0.4) is 0 Å². The van der Waals surface area contributed by atoms with Gasteiger partial charge in [-0.1, -0.05) is 18.2 Å². The molecule has 2 fully saturated rings. The van der Waals surface area contributed by atoms with E-state index in [4.69, 9.17) is 0 Å². The van der Waals surface area contributed by atoms with E-state index >= 15 is 0 Å². The van der Waals surface area contributed by atoms with Crippen molar-refractivity contribution in [2.75, 3.05) is 57.8 Å². The highest BCUT2D eigenvalue weighted by Gasteiger charge is 2.29. The lowest BCUT2D eigenvalue weighted by molar-refractivity contribution is -0.132. The van der Waals surface area contributed by atoms with Crippen LogP contribution in [0.5, 0.6) is 0 Å². The van der Waals surface area contributed by atoms with Crippen LogP contribution in [-0.2, 0) is 4.79 Å². The van der Waals surface area contributed by atoms with E-state index in [1.807, 2.05) is 11.9 Å². The predicted molar refractivity (Wildman–Crippen MR) is 93.8 cm³/mol. The van der Waals surface area contributed by atoms with Gasteiger partial charge in [-0.25, -0.2) is 0 Å². The average molecular weight is 316 g/mol. The van der Waals surface area contributed by atoms with Crippen molar-refractivity contribution in [2.45, 2.75) is 18.9 Å². The summed E-state index contributed by atoms with van der Waals surface area (Å²) in [6, 6.07) is 11.2. The largest absolute Gasteiger partial charge is 0.369 e. The predicted octanol–water partition coefficient (Wildman–Crippen LogP) is 1.02. The van der Waals surface area contributed by atoms with Crippen LogP contribution >= 0.6 is 0 Å². The Balaban J connectivity index is 1.52. The lowest BCUT2D eigenvalue weighted by atomic mass is 10.0. The zero-order valence-electron chi connectivity index (χ0n) is 14.1. The van der Waals surface area contributed by atoms with Crippen LogP contribution < -0.4 is 10.2 Å². The lowest BCUT2D eigenvalue weighted by Crippen LogP contribution is -2.56. The van der Waals surface area contributed by atoms with E-state index < -0.39 is 0 Å². The Morgan fingerprint density at radius 2 is 1.87 bits per heavy atom. The van der Waals surface area contributed by atoms with E-state index in [1.54, 1.807) is 0 Å². The molecule has 0 spiro atoms. The van der Waals surface area contributed by atoms with E-state index in [0.29, 0.717) is 12.6 Å². The van der Waals surface area contributed by atoms with Crippen molar-refractivity contribution in [1.82, 2.24) is 15.1 Å². The minimum Gasteiger partial charge on any atom is -0.369 e. The SMILES string of the molecule is CNCC(=O)N1CCC[C@@H](N2CCN(c3ccccc3)CC2)C1. The Labute approximate surface area is 139 Å². The van der Waals surface area contributed by atoms with Crippen molar-refractivity contribution >= 4 is 11.6 Å². The number of nitrogens with zero attached hydrogens (tertiary/aromatic N) is 3. The lowest BCUT2D eigenvalue weighted by Gasteiger charge is -2.44. The van der Waals surface area contributed by atoms with Crippen molar-refractivity contribution in [3.05, 3.63) is 30.3 Å². The van der Waals surface area contributed by atoms with Crippen LogP contribution in [0.15, 0.2) is 30.3 Å². The van der Waals surface area contributed by atoms with Crippen molar-refractivity contribution in [2.24, 2.45) is 0 Å². The van der Waals surface area contributed by atoms with Gasteiger partial charge in [0.2, 0.25) is 5.91 Å². The molecule has 0 unspecified atom stereocenters. The van der Waals surface area contributed by atoms with Crippen LogP contribution in [0.2, 0.25) is 0 Å². The number of amides is 1. The molecule has 1 N–H and O–H groups in total. The number of hydrogen-bond donors (Lipinski definition) is 1. The highest BCUT2D eigenvalue weighted by Crippen LogP contribution is 2.20. The quantitative estimate of drug-likeness (QED) is 0.900. The molecule has 1 aromatic carbocycles. The molecular formula is C18H28N4O. The second kappa shape index (κ2) is 7.79. The van der Waals surface area contributed by atoms with Crippen molar-refractivity contribution in [3.8, 4) is 0 Å². The molecule has 2 heterocycles. The zero-order valence-corrected chi connectivity index (χ0v) is 14.1. The number of carbonyl (C=O) groups excluding carboxylic acids is 1. The number of para-hydroxylation sites is 1. The summed E-state index contributed by atoms with van der Waals surface area (Å²) in [4.78, 5) is 19.2. The third-order valence-corrected chi connectivity index (χ3v) is 5.03. The molecule has 0 saturated carbocycles. The smallest absolute Gasteiger partial charge is 0.236 e. The summed E-state index contributed by atoms with van der Waals surface area (Å²) in [5.41, 5.74) is 1.32. The third-order valence-electron chi connectivity index (χ3n) is 5.03. The van der Waals surface area contributed by atoms with Gasteiger partial charge in [-0.3, -0.25) is 9.69 Å². The number of nitrogens with one attached hydrogen (secondary N) is 1. The number of piperazine rings is 1. The summed E-state index contributed by atoms with van der Waals surface area (Å²) in [7, 11) is 1.84. The normalized spacial score (nSPS) is 23.1. The van der Waals surface area contributed by atoms with Crippen LogP contribution in [0.25, 0.3) is 0 Å². The van der Waals surface area contributed by atoms with Gasteiger partial charge in [0.05, 0.1) is 6.54 Å². The summed E-state index contributed by atoms with van der Waals surface area (Å²) in [6.07, 6.45) is 2.34. The monoisotopic (exact) mass is 316 g/mol. The number of rotatable bonds is 4. The molecule has 1 aromatic rings. The first-order chi connectivity index (χ1) is 11.3. The topological polar surface area (TPSA) is 38.8 Å². The van der Waals surface area contributed by atoms with Crippen molar-refractivity contribution in [1.29, 1.82) is 0 Å². The highest BCUT2D eigenvalue weighted by molar-refractivity contribution is 5.78. The van der Waals surface area contributed by atoms with Gasteiger partial charge in [-0.2, -0.15) is 0 Å². The van der Waals surface area contributed by atoms with Crippen molar-refractivity contribution < 1.29 is 4.79 Å². The number of likely N-dealkylation sites (N-methyl/N-ethyl adjacent to an activating group) is 1. The van der Waals surface area contributed by atoms with Gasteiger partial charge in [-0.05, 0) is 32.0 Å². The van der Waals surface area contributed by atoms with E-state index in [2.05, 4.69) is 45.4 Å². The standard InChI is InChI=1S/C18H28N4O/c1-19-14-18(23)22-9-5-8-17(15-22)21-12-10-20(11-13-21)16-6-3-2-4-7-16/h2-4,6-7,17,19H,5,8-15H2,1H3/t17-/m1/s1. The Kier molecular flexibility index (Phi) is 5.51. The Morgan fingerprint density at radius 1 is 1.13 bits per heavy atom. The number of piperidine rings is 1. The molecule has 2 aliphatic heterocycles. The summed E-state index contributed by atoms with van der Waals surface area (Å²) in [5.74, 6) is 0.236. The van der Waals surface area contributed by atoms with Gasteiger partial charge in [0.1, 0.15) is 0 Å². The summed E-state index contributed by atoms with van der Waals surface area (Å²) >= 11 is 0. The first-order valence-corrected chi connectivity index (χ1v) is 8.74. The van der Waals surface area contributed by atoms with E-state index in [-0.39, 0.29) is 5.91 Å². The molecule has 0 aliphatic carbocycles. The Morgan fingerprint density at radius 3 is 2.57 bits per heavy atom. The van der Waals surface area contributed by atoms with Crippen LogP contribution in [-0.4, -0.2) is 74.6 Å². The fraction of sp³-hybridized carbons (Fsp3) is 0.611. The molecule has 0 bridgehead atoms. The minimum absolute atomic E-state index is 0.236. The van der Waals surface area contributed by atoms with E-state index in [9.17, 15) is 4.79 Å². The van der Waals surface area contributed by atoms with Crippen LogP contribution in [0, 0.1) is 0 Å². The molecule has 5 heteroatoms. The second-order valence-corrected chi connectivity index (χ2v) is 6.52. The van der Waals surface area contributed by atoms with Gasteiger partial charge in [0.15, 0.2) is 0 Å². The number of benzene rings is 1. The minimum atomic E-state index is 0.236. The molecule has 5 nitrogen and oxygen atoms in total. The molecule has 126 valence electrons. The summed E-state index contributed by atoms with van der Waals surface area (Å²) < 4.78 is 0. The van der Waals surface area contributed by atoms with Gasteiger partial charge in [-0.15, -0.1) is 0 Å². The Hall–Kier alpha value is -1.59. The third kappa shape index (κ3) is 4.03. The van der Waals surface area contributed by atoms with Gasteiger partial charge in [0, 0.05) is 51.0 Å². The maximum Gasteiger partial charge on any atom is 0.236 e. The van der Waals surface area contributed by atoms with E-state index in [1.165, 1.54) is 12.1 Å². The summed E-state index contributed by atoms with van der Waals surface area (Å²) in [5, 5.41) is 2.97. The molecule has 0 aromatic heterocycles. The van der Waals surface area contributed by atoms with Crippen LogP contribution in [0.4, 0.5) is 5.69 Å². The number of carbonyl (C=O) groups is 1. The molecule has 3 rings (SSSR count). The first kappa shape index (κ1) is 16.3. The van der Waals surface area contributed by atoms with Gasteiger partial charge >= 0.3 is 0 Å². The van der Waals surface area contributed by atoms with E-state index in [0.717, 1.165) is 45.7 Å². The molecule has 1 atom stereocenters. The molecule has 23 heavy (non-hydrogen) atoms. The Bertz CT molecular complexity index is 499. The molecule has 1 amide bonds. The molecular weight excluding hydrogens is 288 g/mol. The second-order valence-electron chi connectivity index (χ2n) is 6.52. The maximum atomic E-state index is 12.1. The average Bonchev–Trinajstić information content (AvgIpc) is 2.63. The van der Waals surface area contributed by atoms with Crippen molar-refractivity contribution in [3.63, 3.8) is 0 Å². The molecule has 2 saturated heterocycles. The number of anilines is 1. The number of likely N-dealkylation sites (tertiary alicyclic amines) is 1. The van der Waals surface area contributed by atoms with Crippen LogP contribution in [0.1, 0.15) is 12.8 Å². The summed E-state index contributed by atoms with van der Waals surface area (Å²) in [6.45, 7) is 6.60. The van der Waals surface area contributed by atoms with Gasteiger partial charge < -0.3 is 15.1 Å². The van der Waals surface area contributed by atoms with Gasteiger partial charge in [0.25, 0.3) is 0 Å². The fourth-order valence-corrected chi connectivity index (χ4v) is 3.73. The molecule has 0 radical (unpaired) electrons. The first-order valence-electron chi connectivity index (χ1n) is 8.74. The maximum absolute atomic E-state index is 12.1. The highest BCUT2D eigenvalue weighted by atomic mass is 16.2. The molecule has 2 aliphatic rings.